The van der Waals surface area contributed by atoms with Gasteiger partial charge < -0.3 is 9.64 Å². The first-order valence-electron chi connectivity index (χ1n) is 8.75. The van der Waals surface area contributed by atoms with Gasteiger partial charge in [-0.25, -0.2) is 4.68 Å². The average Bonchev–Trinajstić information content (AvgIpc) is 3.24. The summed E-state index contributed by atoms with van der Waals surface area (Å²) in [6.45, 7) is 1.31. The molecule has 1 aliphatic heterocycles. The van der Waals surface area contributed by atoms with Crippen LogP contribution in [0.25, 0.3) is 5.82 Å². The first-order valence-corrected chi connectivity index (χ1v) is 9.54. The van der Waals surface area contributed by atoms with Crippen LogP contribution in [0.5, 0.6) is 5.88 Å². The van der Waals surface area contributed by atoms with Gasteiger partial charge in [0.2, 0.25) is 5.88 Å². The summed E-state index contributed by atoms with van der Waals surface area (Å²) < 4.78 is 8.40. The summed E-state index contributed by atoms with van der Waals surface area (Å²) >= 11 is 3.45. The van der Waals surface area contributed by atoms with E-state index in [0.29, 0.717) is 30.4 Å². The van der Waals surface area contributed by atoms with Gasteiger partial charge in [0.25, 0.3) is 5.91 Å². The second-order valence-corrected chi connectivity index (χ2v) is 7.12. The van der Waals surface area contributed by atoms with Gasteiger partial charge >= 0.3 is 0 Å². The van der Waals surface area contributed by atoms with Crippen molar-refractivity contribution in [3.8, 4) is 11.7 Å². The fourth-order valence-corrected chi connectivity index (χ4v) is 3.51. The van der Waals surface area contributed by atoms with Gasteiger partial charge in [-0.05, 0) is 40.2 Å². The fourth-order valence-electron chi connectivity index (χ4n) is 3.05. The third-order valence-corrected chi connectivity index (χ3v) is 5.18. The van der Waals surface area contributed by atoms with Crippen LogP contribution in [0.15, 0.2) is 59.3 Å². The normalized spacial score (nSPS) is 14.9. The molecule has 7 nitrogen and oxygen atoms in total. The molecule has 0 atom stereocenters. The largest absolute Gasteiger partial charge is 0.473 e. The maximum absolute atomic E-state index is 12.7. The van der Waals surface area contributed by atoms with E-state index in [1.54, 1.807) is 16.9 Å². The monoisotopic (exact) mass is 427 g/mol. The highest BCUT2D eigenvalue weighted by molar-refractivity contribution is 9.10. The summed E-state index contributed by atoms with van der Waals surface area (Å²) in [5.74, 6) is 1.17. The lowest BCUT2D eigenvalue weighted by atomic mass is 10.1. The molecule has 0 N–H and O–H groups in total. The van der Waals surface area contributed by atoms with Crippen LogP contribution in [0.1, 0.15) is 23.2 Å². The van der Waals surface area contributed by atoms with E-state index in [1.165, 1.54) is 0 Å². The standard InChI is InChI=1S/C19H18BrN5O2/c20-16-5-2-1-4-15(16)19(26)24-12-8-14(9-13-24)27-18-7-6-17(22-23-18)25-11-3-10-21-25/h1-7,10-11,14H,8-9,12-13H2. The van der Waals surface area contributed by atoms with Crippen molar-refractivity contribution in [3.05, 3.63) is 64.9 Å². The molecule has 1 aromatic carbocycles. The minimum Gasteiger partial charge on any atom is -0.473 e. The molecule has 0 spiro atoms. The zero-order valence-corrected chi connectivity index (χ0v) is 16.1. The highest BCUT2D eigenvalue weighted by atomic mass is 79.9. The molecule has 0 radical (unpaired) electrons. The lowest BCUT2D eigenvalue weighted by molar-refractivity contribution is 0.0585. The number of aromatic nitrogens is 4. The zero-order chi connectivity index (χ0) is 18.6. The van der Waals surface area contributed by atoms with E-state index in [0.717, 1.165) is 17.3 Å². The van der Waals surface area contributed by atoms with Crippen molar-refractivity contribution in [1.29, 1.82) is 0 Å². The summed E-state index contributed by atoms with van der Waals surface area (Å²) in [6, 6.07) is 12.9. The van der Waals surface area contributed by atoms with E-state index in [9.17, 15) is 4.79 Å². The number of ether oxygens (including phenoxy) is 1. The number of carbonyl (C=O) groups excluding carboxylic acids is 1. The van der Waals surface area contributed by atoms with Crippen LogP contribution < -0.4 is 4.74 Å². The smallest absolute Gasteiger partial charge is 0.255 e. The third kappa shape index (κ3) is 4.00. The molecule has 0 saturated carbocycles. The van der Waals surface area contributed by atoms with Crippen LogP contribution in [-0.4, -0.2) is 50.0 Å². The Labute approximate surface area is 165 Å². The summed E-state index contributed by atoms with van der Waals surface area (Å²) in [5, 5.41) is 12.4. The number of carbonyl (C=O) groups is 1. The molecule has 1 amide bonds. The summed E-state index contributed by atoms with van der Waals surface area (Å²) in [7, 11) is 0. The van der Waals surface area contributed by atoms with Crippen molar-refractivity contribution in [2.24, 2.45) is 0 Å². The van der Waals surface area contributed by atoms with Crippen LogP contribution in [-0.2, 0) is 0 Å². The SMILES string of the molecule is O=C(c1ccccc1Br)N1CCC(Oc2ccc(-n3cccn3)nn2)CC1. The van der Waals surface area contributed by atoms with E-state index in [-0.39, 0.29) is 12.0 Å². The van der Waals surface area contributed by atoms with Gasteiger partial charge in [-0.1, -0.05) is 12.1 Å². The molecule has 138 valence electrons. The molecule has 1 fully saturated rings. The Bertz CT molecular complexity index is 906. The molecule has 0 aliphatic carbocycles. The van der Waals surface area contributed by atoms with Gasteiger partial charge in [0.15, 0.2) is 5.82 Å². The number of hydrogen-bond acceptors (Lipinski definition) is 5. The van der Waals surface area contributed by atoms with Crippen molar-refractivity contribution in [2.75, 3.05) is 13.1 Å². The number of amides is 1. The van der Waals surface area contributed by atoms with Crippen molar-refractivity contribution >= 4 is 21.8 Å². The molecular formula is C19H18BrN5O2. The fraction of sp³-hybridized carbons (Fsp3) is 0.263. The van der Waals surface area contributed by atoms with E-state index in [4.69, 9.17) is 4.74 Å². The number of benzene rings is 1. The van der Waals surface area contributed by atoms with Crippen LogP contribution in [0.4, 0.5) is 0 Å². The summed E-state index contributed by atoms with van der Waals surface area (Å²) in [5.41, 5.74) is 0.692. The Hall–Kier alpha value is -2.74. The van der Waals surface area contributed by atoms with Crippen LogP contribution in [0, 0.1) is 0 Å². The molecule has 0 unspecified atom stereocenters. The second kappa shape index (κ2) is 7.87. The first-order chi connectivity index (χ1) is 13.2. The summed E-state index contributed by atoms with van der Waals surface area (Å²) in [4.78, 5) is 14.5. The highest BCUT2D eigenvalue weighted by Gasteiger charge is 2.25. The van der Waals surface area contributed by atoms with Crippen molar-refractivity contribution < 1.29 is 9.53 Å². The first kappa shape index (κ1) is 17.7. The Morgan fingerprint density at radius 2 is 1.89 bits per heavy atom. The van der Waals surface area contributed by atoms with Gasteiger partial charge in [0.1, 0.15) is 6.10 Å². The van der Waals surface area contributed by atoms with Crippen LogP contribution >= 0.6 is 15.9 Å². The molecule has 3 aromatic rings. The van der Waals surface area contributed by atoms with Crippen molar-refractivity contribution in [3.63, 3.8) is 0 Å². The number of likely N-dealkylation sites (tertiary alicyclic amines) is 1. The number of halogens is 1. The molecule has 2 aromatic heterocycles. The minimum atomic E-state index is 0.0260. The molecule has 4 rings (SSSR count). The molecule has 27 heavy (non-hydrogen) atoms. The summed E-state index contributed by atoms with van der Waals surface area (Å²) in [6.07, 6.45) is 5.05. The molecule has 1 saturated heterocycles. The molecule has 0 bridgehead atoms. The van der Waals surface area contributed by atoms with Gasteiger partial charge in [0, 0.05) is 48.9 Å². The predicted octanol–water partition coefficient (Wildman–Crippen LogP) is 3.11. The van der Waals surface area contributed by atoms with E-state index in [2.05, 4.69) is 31.2 Å². The van der Waals surface area contributed by atoms with Crippen molar-refractivity contribution in [2.45, 2.75) is 18.9 Å². The number of rotatable bonds is 4. The second-order valence-electron chi connectivity index (χ2n) is 6.27. The molecule has 8 heteroatoms. The Morgan fingerprint density at radius 1 is 1.07 bits per heavy atom. The molecule has 1 aliphatic rings. The topological polar surface area (TPSA) is 73.1 Å². The van der Waals surface area contributed by atoms with Crippen LogP contribution in [0.3, 0.4) is 0 Å². The van der Waals surface area contributed by atoms with Crippen LogP contribution in [0.2, 0.25) is 0 Å². The van der Waals surface area contributed by atoms with E-state index in [1.807, 2.05) is 47.5 Å². The minimum absolute atomic E-state index is 0.0260. The Morgan fingerprint density at radius 3 is 2.56 bits per heavy atom. The maximum Gasteiger partial charge on any atom is 0.255 e. The van der Waals surface area contributed by atoms with Gasteiger partial charge in [0.05, 0.1) is 5.56 Å². The Kier molecular flexibility index (Phi) is 5.15. The molecular weight excluding hydrogens is 410 g/mol. The van der Waals surface area contributed by atoms with Gasteiger partial charge in [-0.15, -0.1) is 10.2 Å². The maximum atomic E-state index is 12.7. The molecule has 3 heterocycles. The number of hydrogen-bond donors (Lipinski definition) is 0. The van der Waals surface area contributed by atoms with E-state index >= 15 is 0 Å². The average molecular weight is 428 g/mol. The number of nitrogens with zero attached hydrogens (tertiary/aromatic N) is 5. The highest BCUT2D eigenvalue weighted by Crippen LogP contribution is 2.22. The zero-order valence-electron chi connectivity index (χ0n) is 14.5. The Balaban J connectivity index is 1.33. The third-order valence-electron chi connectivity index (χ3n) is 4.49. The number of piperidine rings is 1. The lowest BCUT2D eigenvalue weighted by Gasteiger charge is -2.32. The van der Waals surface area contributed by atoms with Gasteiger partial charge in [-0.2, -0.15) is 5.10 Å². The van der Waals surface area contributed by atoms with E-state index < -0.39 is 0 Å². The lowest BCUT2D eigenvalue weighted by Crippen LogP contribution is -2.42. The predicted molar refractivity (Wildman–Crippen MR) is 103 cm³/mol. The van der Waals surface area contributed by atoms with Gasteiger partial charge in [-0.3, -0.25) is 4.79 Å². The quantitative estimate of drug-likeness (QED) is 0.639. The van der Waals surface area contributed by atoms with Crippen molar-refractivity contribution in [1.82, 2.24) is 24.9 Å².